The van der Waals surface area contributed by atoms with Gasteiger partial charge in [0.05, 0.1) is 23.9 Å². The molecule has 1 aromatic heterocycles. The molecule has 23 heavy (non-hydrogen) atoms. The summed E-state index contributed by atoms with van der Waals surface area (Å²) in [5.41, 5.74) is 12.3. The molecule has 0 aliphatic heterocycles. The highest BCUT2D eigenvalue weighted by Crippen LogP contribution is 2.40. The van der Waals surface area contributed by atoms with Gasteiger partial charge in [0.2, 0.25) is 5.95 Å². The second-order valence-electron chi connectivity index (χ2n) is 4.45. The first-order valence-electron chi connectivity index (χ1n) is 6.94. The maximum absolute atomic E-state index is 9.29. The Morgan fingerprint density at radius 1 is 1.17 bits per heavy atom. The van der Waals surface area contributed by atoms with E-state index in [1.807, 2.05) is 19.9 Å². The number of anilines is 2. The van der Waals surface area contributed by atoms with Crippen LogP contribution in [0.1, 0.15) is 19.4 Å². The number of nitrogens with zero attached hydrogens (tertiary/aromatic N) is 3. The van der Waals surface area contributed by atoms with Gasteiger partial charge in [0.1, 0.15) is 17.5 Å². The number of nitrogens with two attached hydrogens (primary N) is 2. The van der Waals surface area contributed by atoms with Gasteiger partial charge in [-0.2, -0.15) is 10.2 Å². The molecule has 0 aliphatic carbocycles. The van der Waals surface area contributed by atoms with Crippen LogP contribution in [0.2, 0.25) is 5.02 Å². The Morgan fingerprint density at radius 3 is 2.48 bits per heavy atom. The Morgan fingerprint density at radius 2 is 1.87 bits per heavy atom. The Kier molecular flexibility index (Phi) is 5.09. The van der Waals surface area contributed by atoms with Crippen LogP contribution in [0, 0.1) is 11.3 Å². The number of hydrogen-bond acceptors (Lipinski definition) is 7. The zero-order chi connectivity index (χ0) is 17.0. The fourth-order valence-corrected chi connectivity index (χ4v) is 2.33. The Hall–Kier alpha value is -2.72. The summed E-state index contributed by atoms with van der Waals surface area (Å²) in [6.45, 7) is 4.56. The highest BCUT2D eigenvalue weighted by atomic mass is 35.5. The van der Waals surface area contributed by atoms with E-state index < -0.39 is 0 Å². The molecule has 2 rings (SSSR count). The van der Waals surface area contributed by atoms with Crippen molar-refractivity contribution in [3.8, 4) is 28.8 Å². The van der Waals surface area contributed by atoms with E-state index in [-0.39, 0.29) is 17.3 Å². The van der Waals surface area contributed by atoms with Crippen molar-refractivity contribution in [2.24, 2.45) is 0 Å². The maximum atomic E-state index is 9.29. The van der Waals surface area contributed by atoms with Gasteiger partial charge >= 0.3 is 0 Å². The molecule has 0 atom stereocenters. The van der Waals surface area contributed by atoms with Gasteiger partial charge in [0.25, 0.3) is 0 Å². The van der Waals surface area contributed by atoms with Gasteiger partial charge in [-0.3, -0.25) is 0 Å². The number of hydrogen-bond donors (Lipinski definition) is 2. The standard InChI is InChI=1S/C15H16ClN5O2/c1-3-22-11-6-8(5-10(16)13(11)23-4-2)12-9(7-17)14(18)21-15(19)20-12/h5-6H,3-4H2,1-2H3,(H4,18,19,20,21). The Bertz CT molecular complexity index is 773. The van der Waals surface area contributed by atoms with Crippen LogP contribution in [0.25, 0.3) is 11.3 Å². The molecule has 120 valence electrons. The van der Waals surface area contributed by atoms with Gasteiger partial charge in [0, 0.05) is 5.56 Å². The van der Waals surface area contributed by atoms with Crippen LogP contribution in [-0.4, -0.2) is 23.2 Å². The molecule has 0 saturated heterocycles. The van der Waals surface area contributed by atoms with E-state index in [1.165, 1.54) is 0 Å². The summed E-state index contributed by atoms with van der Waals surface area (Å²) in [4.78, 5) is 7.89. The van der Waals surface area contributed by atoms with Gasteiger partial charge in [-0.15, -0.1) is 0 Å². The molecule has 1 heterocycles. The van der Waals surface area contributed by atoms with E-state index in [0.717, 1.165) is 0 Å². The van der Waals surface area contributed by atoms with Crippen LogP contribution in [0.4, 0.5) is 11.8 Å². The number of ether oxygens (including phenoxy) is 2. The molecule has 0 spiro atoms. The van der Waals surface area contributed by atoms with E-state index in [9.17, 15) is 5.26 Å². The van der Waals surface area contributed by atoms with Crippen LogP contribution >= 0.6 is 11.6 Å². The molecule has 1 aromatic carbocycles. The average molecular weight is 334 g/mol. The average Bonchev–Trinajstić information content (AvgIpc) is 2.50. The van der Waals surface area contributed by atoms with E-state index >= 15 is 0 Å². The minimum Gasteiger partial charge on any atom is -0.490 e. The summed E-state index contributed by atoms with van der Waals surface area (Å²) in [7, 11) is 0. The fraction of sp³-hybridized carbons (Fsp3) is 0.267. The highest BCUT2D eigenvalue weighted by Gasteiger charge is 2.18. The van der Waals surface area contributed by atoms with Crippen molar-refractivity contribution in [3.63, 3.8) is 0 Å². The Balaban J connectivity index is 2.68. The fourth-order valence-electron chi connectivity index (χ4n) is 2.07. The van der Waals surface area contributed by atoms with Gasteiger partial charge in [0.15, 0.2) is 11.5 Å². The molecule has 8 heteroatoms. The molecule has 0 saturated carbocycles. The topological polar surface area (TPSA) is 120 Å². The van der Waals surface area contributed by atoms with E-state index in [4.69, 9.17) is 32.5 Å². The largest absolute Gasteiger partial charge is 0.490 e. The van der Waals surface area contributed by atoms with Gasteiger partial charge < -0.3 is 20.9 Å². The van der Waals surface area contributed by atoms with Gasteiger partial charge in [-0.25, -0.2) is 4.98 Å². The van der Waals surface area contributed by atoms with Crippen molar-refractivity contribution in [1.82, 2.24) is 9.97 Å². The molecule has 7 nitrogen and oxygen atoms in total. The monoisotopic (exact) mass is 333 g/mol. The molecule has 0 fully saturated rings. The third kappa shape index (κ3) is 3.38. The SMILES string of the molecule is CCOc1cc(-c2nc(N)nc(N)c2C#N)cc(Cl)c1OCC. The van der Waals surface area contributed by atoms with Crippen molar-refractivity contribution < 1.29 is 9.47 Å². The number of aromatic nitrogens is 2. The molecular weight excluding hydrogens is 318 g/mol. The predicted molar refractivity (Wildman–Crippen MR) is 88.4 cm³/mol. The lowest BCUT2D eigenvalue weighted by molar-refractivity contribution is 0.288. The van der Waals surface area contributed by atoms with Crippen molar-refractivity contribution in [3.05, 3.63) is 22.7 Å². The second-order valence-corrected chi connectivity index (χ2v) is 4.86. The number of nitriles is 1. The maximum Gasteiger partial charge on any atom is 0.222 e. The van der Waals surface area contributed by atoms with E-state index in [0.29, 0.717) is 41.0 Å². The minimum atomic E-state index is -0.0283. The molecule has 0 aliphatic rings. The number of nitrogen functional groups attached to an aromatic ring is 2. The smallest absolute Gasteiger partial charge is 0.222 e. The van der Waals surface area contributed by atoms with Crippen molar-refractivity contribution >= 4 is 23.4 Å². The van der Waals surface area contributed by atoms with Crippen LogP contribution < -0.4 is 20.9 Å². The van der Waals surface area contributed by atoms with Crippen molar-refractivity contribution in [2.45, 2.75) is 13.8 Å². The summed E-state index contributed by atoms with van der Waals surface area (Å²) in [5.74, 6) is 0.877. The van der Waals surface area contributed by atoms with Crippen molar-refractivity contribution in [1.29, 1.82) is 5.26 Å². The lowest BCUT2D eigenvalue weighted by atomic mass is 10.1. The summed E-state index contributed by atoms with van der Waals surface area (Å²) in [5, 5.41) is 9.63. The first-order valence-corrected chi connectivity index (χ1v) is 7.32. The molecule has 0 unspecified atom stereocenters. The molecular formula is C15H16ClN5O2. The first kappa shape index (κ1) is 16.6. The quantitative estimate of drug-likeness (QED) is 0.862. The van der Waals surface area contributed by atoms with Gasteiger partial charge in [-0.1, -0.05) is 11.6 Å². The van der Waals surface area contributed by atoms with Crippen LogP contribution in [0.15, 0.2) is 12.1 Å². The number of benzene rings is 1. The van der Waals surface area contributed by atoms with E-state index in [1.54, 1.807) is 12.1 Å². The molecule has 0 bridgehead atoms. The number of rotatable bonds is 5. The lowest BCUT2D eigenvalue weighted by Crippen LogP contribution is -2.05. The Labute approximate surface area is 138 Å². The summed E-state index contributed by atoms with van der Waals surface area (Å²) < 4.78 is 11.1. The minimum absolute atomic E-state index is 0.0120. The van der Waals surface area contributed by atoms with Gasteiger partial charge in [-0.05, 0) is 26.0 Å². The molecule has 0 radical (unpaired) electrons. The lowest BCUT2D eigenvalue weighted by Gasteiger charge is -2.15. The predicted octanol–water partition coefficient (Wildman–Crippen LogP) is 2.63. The third-order valence-corrected chi connectivity index (χ3v) is 3.22. The van der Waals surface area contributed by atoms with Crippen LogP contribution in [0.3, 0.4) is 0 Å². The van der Waals surface area contributed by atoms with Crippen LogP contribution in [-0.2, 0) is 0 Å². The third-order valence-electron chi connectivity index (χ3n) is 2.94. The normalized spacial score (nSPS) is 10.2. The zero-order valence-electron chi connectivity index (χ0n) is 12.8. The van der Waals surface area contributed by atoms with E-state index in [2.05, 4.69) is 9.97 Å². The molecule has 2 aromatic rings. The number of halogens is 1. The first-order chi connectivity index (χ1) is 11.0. The molecule has 4 N–H and O–H groups in total. The highest BCUT2D eigenvalue weighted by molar-refractivity contribution is 6.32. The summed E-state index contributed by atoms with van der Waals surface area (Å²) in [6, 6.07) is 5.28. The zero-order valence-corrected chi connectivity index (χ0v) is 13.5. The second kappa shape index (κ2) is 7.03. The molecule has 0 amide bonds. The van der Waals surface area contributed by atoms with Crippen LogP contribution in [0.5, 0.6) is 11.5 Å². The summed E-state index contributed by atoms with van der Waals surface area (Å²) >= 11 is 6.28. The summed E-state index contributed by atoms with van der Waals surface area (Å²) in [6.07, 6.45) is 0. The van der Waals surface area contributed by atoms with Crippen molar-refractivity contribution in [2.75, 3.05) is 24.7 Å².